The van der Waals surface area contributed by atoms with Gasteiger partial charge < -0.3 is 19.7 Å². The van der Waals surface area contributed by atoms with E-state index in [0.717, 1.165) is 29.2 Å². The molecule has 3 aromatic rings. The van der Waals surface area contributed by atoms with Crippen LogP contribution in [0.1, 0.15) is 23.0 Å². The molecule has 6 heteroatoms. The van der Waals surface area contributed by atoms with Crippen LogP contribution in [0.4, 0.5) is 17.1 Å². The molecule has 0 saturated carbocycles. The SMILES string of the molecule is CC1Cc2ccccc2N1C(=O)c1ccc(Nc2ccc3c(c2)OCO3)cn1. The number of hydrogen-bond acceptors (Lipinski definition) is 5. The molecule has 3 heterocycles. The second-order valence-corrected chi connectivity index (χ2v) is 6.98. The van der Waals surface area contributed by atoms with Crippen molar-refractivity contribution in [3.05, 3.63) is 72.1 Å². The molecule has 0 bridgehead atoms. The maximum Gasteiger partial charge on any atom is 0.277 e. The van der Waals surface area contributed by atoms with Gasteiger partial charge in [0, 0.05) is 23.5 Å². The number of nitrogens with zero attached hydrogens (tertiary/aromatic N) is 2. The first kappa shape index (κ1) is 16.6. The summed E-state index contributed by atoms with van der Waals surface area (Å²) in [5, 5.41) is 3.27. The van der Waals surface area contributed by atoms with Gasteiger partial charge in [-0.2, -0.15) is 0 Å². The van der Waals surface area contributed by atoms with Crippen molar-refractivity contribution in [1.82, 2.24) is 4.98 Å². The van der Waals surface area contributed by atoms with E-state index in [4.69, 9.17) is 9.47 Å². The number of nitrogens with one attached hydrogen (secondary N) is 1. The van der Waals surface area contributed by atoms with Crippen molar-refractivity contribution in [3.63, 3.8) is 0 Å². The number of carbonyl (C=O) groups is 1. The van der Waals surface area contributed by atoms with Crippen molar-refractivity contribution in [2.24, 2.45) is 0 Å². The Kier molecular flexibility index (Phi) is 3.90. The largest absolute Gasteiger partial charge is 0.454 e. The molecular formula is C22H19N3O3. The number of pyridine rings is 1. The van der Waals surface area contributed by atoms with Crippen molar-refractivity contribution in [3.8, 4) is 11.5 Å². The number of ether oxygens (including phenoxy) is 2. The third-order valence-electron chi connectivity index (χ3n) is 5.07. The number of para-hydroxylation sites is 1. The molecule has 5 rings (SSSR count). The molecule has 2 aliphatic rings. The van der Waals surface area contributed by atoms with Crippen LogP contribution in [-0.4, -0.2) is 23.7 Å². The van der Waals surface area contributed by atoms with E-state index in [9.17, 15) is 4.79 Å². The van der Waals surface area contributed by atoms with Gasteiger partial charge in [-0.25, -0.2) is 4.98 Å². The quantitative estimate of drug-likeness (QED) is 0.747. The van der Waals surface area contributed by atoms with E-state index in [0.29, 0.717) is 11.4 Å². The Hall–Kier alpha value is -3.54. The average molecular weight is 373 g/mol. The van der Waals surface area contributed by atoms with Gasteiger partial charge in [-0.3, -0.25) is 4.79 Å². The van der Waals surface area contributed by atoms with Gasteiger partial charge in [0.2, 0.25) is 6.79 Å². The third-order valence-corrected chi connectivity index (χ3v) is 5.07. The lowest BCUT2D eigenvalue weighted by Crippen LogP contribution is -2.36. The van der Waals surface area contributed by atoms with Crippen LogP contribution in [-0.2, 0) is 6.42 Å². The minimum absolute atomic E-state index is 0.0768. The Labute approximate surface area is 162 Å². The Morgan fingerprint density at radius 2 is 1.89 bits per heavy atom. The lowest BCUT2D eigenvalue weighted by atomic mass is 10.1. The Bertz CT molecular complexity index is 1050. The zero-order valence-corrected chi connectivity index (χ0v) is 15.4. The van der Waals surface area contributed by atoms with Gasteiger partial charge in [0.1, 0.15) is 5.69 Å². The average Bonchev–Trinajstić information content (AvgIpc) is 3.31. The second kappa shape index (κ2) is 6.56. The summed E-state index contributed by atoms with van der Waals surface area (Å²) in [6.07, 6.45) is 2.54. The lowest BCUT2D eigenvalue weighted by Gasteiger charge is -2.22. The minimum atomic E-state index is -0.0768. The maximum absolute atomic E-state index is 13.0. The number of anilines is 3. The monoisotopic (exact) mass is 373 g/mol. The van der Waals surface area contributed by atoms with Gasteiger partial charge >= 0.3 is 0 Å². The molecule has 1 unspecified atom stereocenters. The zero-order chi connectivity index (χ0) is 19.1. The maximum atomic E-state index is 13.0. The van der Waals surface area contributed by atoms with Crippen LogP contribution >= 0.6 is 0 Å². The van der Waals surface area contributed by atoms with E-state index >= 15 is 0 Å². The highest BCUT2D eigenvalue weighted by atomic mass is 16.7. The van der Waals surface area contributed by atoms with Crippen molar-refractivity contribution in [2.75, 3.05) is 17.0 Å². The van der Waals surface area contributed by atoms with E-state index in [1.54, 1.807) is 12.3 Å². The molecular weight excluding hydrogens is 354 g/mol. The van der Waals surface area contributed by atoms with Crippen molar-refractivity contribution in [1.29, 1.82) is 0 Å². The number of aromatic nitrogens is 1. The number of carbonyl (C=O) groups excluding carboxylic acids is 1. The highest BCUT2D eigenvalue weighted by molar-refractivity contribution is 6.06. The molecule has 0 spiro atoms. The zero-order valence-electron chi connectivity index (χ0n) is 15.4. The normalized spacial score (nSPS) is 16.8. The number of hydrogen-bond donors (Lipinski definition) is 1. The van der Waals surface area contributed by atoms with Crippen LogP contribution in [0.25, 0.3) is 0 Å². The number of amides is 1. The van der Waals surface area contributed by atoms with E-state index in [2.05, 4.69) is 23.3 Å². The Balaban J connectivity index is 1.34. The standard InChI is InChI=1S/C22H19N3O3/c1-14-10-15-4-2-3-5-19(15)25(14)22(26)18-8-6-17(12-23-18)24-16-7-9-20-21(11-16)28-13-27-20/h2-9,11-12,14,24H,10,13H2,1H3. The van der Waals surface area contributed by atoms with Crippen LogP contribution in [0, 0.1) is 0 Å². The third kappa shape index (κ3) is 2.83. The summed E-state index contributed by atoms with van der Waals surface area (Å²) >= 11 is 0. The summed E-state index contributed by atoms with van der Waals surface area (Å²) in [5.41, 5.74) is 4.27. The fourth-order valence-electron chi connectivity index (χ4n) is 3.73. The first-order valence-corrected chi connectivity index (χ1v) is 9.23. The number of rotatable bonds is 3. The van der Waals surface area contributed by atoms with E-state index in [1.807, 2.05) is 47.4 Å². The van der Waals surface area contributed by atoms with Gasteiger partial charge in [0.25, 0.3) is 5.91 Å². The summed E-state index contributed by atoms with van der Waals surface area (Å²) in [6, 6.07) is 17.4. The summed E-state index contributed by atoms with van der Waals surface area (Å²) in [4.78, 5) is 19.3. The number of fused-ring (bicyclic) bond motifs is 2. The van der Waals surface area contributed by atoms with Crippen LogP contribution < -0.4 is 19.7 Å². The molecule has 1 atom stereocenters. The van der Waals surface area contributed by atoms with Crippen molar-refractivity contribution in [2.45, 2.75) is 19.4 Å². The molecule has 0 radical (unpaired) electrons. The molecule has 0 aliphatic carbocycles. The predicted molar refractivity (Wildman–Crippen MR) is 107 cm³/mol. The summed E-state index contributed by atoms with van der Waals surface area (Å²) in [5.74, 6) is 1.38. The first-order chi connectivity index (χ1) is 13.7. The molecule has 6 nitrogen and oxygen atoms in total. The van der Waals surface area contributed by atoms with E-state index in [1.165, 1.54) is 5.56 Å². The number of benzene rings is 2. The van der Waals surface area contributed by atoms with Gasteiger partial charge in [0.05, 0.1) is 11.9 Å². The highest BCUT2D eigenvalue weighted by Crippen LogP contribution is 2.35. The van der Waals surface area contributed by atoms with Gasteiger partial charge in [0.15, 0.2) is 11.5 Å². The molecule has 1 aromatic heterocycles. The highest BCUT2D eigenvalue weighted by Gasteiger charge is 2.31. The summed E-state index contributed by atoms with van der Waals surface area (Å²) in [6.45, 7) is 2.31. The molecule has 2 aromatic carbocycles. The summed E-state index contributed by atoms with van der Waals surface area (Å²) in [7, 11) is 0. The van der Waals surface area contributed by atoms with Crippen LogP contribution in [0.15, 0.2) is 60.8 Å². The van der Waals surface area contributed by atoms with E-state index < -0.39 is 0 Å². The van der Waals surface area contributed by atoms with Gasteiger partial charge in [-0.15, -0.1) is 0 Å². The topological polar surface area (TPSA) is 63.7 Å². The molecule has 28 heavy (non-hydrogen) atoms. The van der Waals surface area contributed by atoms with Crippen LogP contribution in [0.5, 0.6) is 11.5 Å². The first-order valence-electron chi connectivity index (χ1n) is 9.23. The molecule has 140 valence electrons. The van der Waals surface area contributed by atoms with E-state index in [-0.39, 0.29) is 18.7 Å². The second-order valence-electron chi connectivity index (χ2n) is 6.98. The minimum Gasteiger partial charge on any atom is -0.454 e. The molecule has 2 aliphatic heterocycles. The molecule has 0 fully saturated rings. The Morgan fingerprint density at radius 3 is 2.75 bits per heavy atom. The van der Waals surface area contributed by atoms with Crippen molar-refractivity contribution >= 4 is 23.0 Å². The van der Waals surface area contributed by atoms with Gasteiger partial charge in [-0.1, -0.05) is 18.2 Å². The molecule has 0 saturated heterocycles. The predicted octanol–water partition coefficient (Wildman–Crippen LogP) is 4.15. The fourth-order valence-corrected chi connectivity index (χ4v) is 3.73. The Morgan fingerprint density at radius 1 is 1.07 bits per heavy atom. The van der Waals surface area contributed by atoms with Crippen molar-refractivity contribution < 1.29 is 14.3 Å². The fraction of sp³-hybridized carbons (Fsp3) is 0.182. The van der Waals surface area contributed by atoms with Gasteiger partial charge in [-0.05, 0) is 49.2 Å². The molecule has 1 N–H and O–H groups in total. The van der Waals surface area contributed by atoms with Crippen LogP contribution in [0.3, 0.4) is 0 Å². The smallest absolute Gasteiger partial charge is 0.277 e. The molecule has 1 amide bonds. The lowest BCUT2D eigenvalue weighted by molar-refractivity contribution is 0.0976. The van der Waals surface area contributed by atoms with Crippen LogP contribution in [0.2, 0.25) is 0 Å². The summed E-state index contributed by atoms with van der Waals surface area (Å²) < 4.78 is 10.7.